The first-order valence-electron chi connectivity index (χ1n) is 16.6. The number of ketones is 1. The van der Waals surface area contributed by atoms with E-state index < -0.39 is 59.5 Å². The Kier molecular flexibility index (Phi) is 16.5. The molecule has 1 aromatic rings. The Morgan fingerprint density at radius 2 is 1.51 bits per heavy atom. The molecule has 0 aromatic carbocycles. The fourth-order valence-corrected chi connectivity index (χ4v) is 5.56. The molecule has 13 heteroatoms. The molecule has 1 aliphatic rings. The smallest absolute Gasteiger partial charge is 0.290 e. The third kappa shape index (κ3) is 12.8. The van der Waals surface area contributed by atoms with Crippen LogP contribution in [0.3, 0.4) is 0 Å². The first kappa shape index (κ1) is 38.8. The monoisotopic (exact) mass is 653 g/mol. The second-order valence-corrected chi connectivity index (χ2v) is 12.6. The van der Waals surface area contributed by atoms with Crippen molar-refractivity contribution in [3.63, 3.8) is 0 Å². The molecule has 1 saturated carbocycles. The van der Waals surface area contributed by atoms with Crippen LogP contribution < -0.4 is 26.6 Å². The van der Waals surface area contributed by atoms with E-state index in [-0.39, 0.29) is 36.4 Å². The van der Waals surface area contributed by atoms with Crippen LogP contribution in [-0.4, -0.2) is 76.0 Å². The molecule has 0 radical (unpaired) electrons. The first-order valence-corrected chi connectivity index (χ1v) is 16.6. The summed E-state index contributed by atoms with van der Waals surface area (Å²) in [5, 5.41) is 13.4. The molecule has 0 bridgehead atoms. The van der Waals surface area contributed by atoms with Gasteiger partial charge in [-0.3, -0.25) is 33.8 Å². The normalized spacial score (nSPS) is 16.4. The highest BCUT2D eigenvalue weighted by atomic mass is 16.2. The van der Waals surface area contributed by atoms with E-state index in [1.165, 1.54) is 18.6 Å². The van der Waals surface area contributed by atoms with Crippen molar-refractivity contribution >= 4 is 35.3 Å². The van der Waals surface area contributed by atoms with E-state index in [1.807, 2.05) is 27.7 Å². The maximum atomic E-state index is 13.9. The van der Waals surface area contributed by atoms with Gasteiger partial charge in [-0.15, -0.1) is 6.42 Å². The largest absolute Gasteiger partial charge is 0.344 e. The highest BCUT2D eigenvalue weighted by Gasteiger charge is 2.35. The van der Waals surface area contributed by atoms with Crippen molar-refractivity contribution in [2.24, 2.45) is 17.8 Å². The minimum atomic E-state index is -1.11. The van der Waals surface area contributed by atoms with Crippen LogP contribution in [0, 0.1) is 30.1 Å². The molecule has 5 atom stereocenters. The van der Waals surface area contributed by atoms with Gasteiger partial charge in [-0.1, -0.05) is 79.1 Å². The molecule has 5 N–H and O–H groups in total. The Hall–Kier alpha value is -4.34. The van der Waals surface area contributed by atoms with Crippen LogP contribution in [-0.2, 0) is 24.0 Å². The maximum Gasteiger partial charge on any atom is 0.290 e. The highest BCUT2D eigenvalue weighted by Crippen LogP contribution is 2.27. The van der Waals surface area contributed by atoms with Gasteiger partial charge in [-0.25, -0.2) is 4.98 Å². The number of hydrogen-bond donors (Lipinski definition) is 5. The highest BCUT2D eigenvalue weighted by molar-refractivity contribution is 6.38. The van der Waals surface area contributed by atoms with Crippen molar-refractivity contribution in [2.75, 3.05) is 6.54 Å². The number of nitrogens with one attached hydrogen (secondary N) is 5. The molecule has 1 heterocycles. The topological polar surface area (TPSA) is 188 Å². The van der Waals surface area contributed by atoms with Crippen LogP contribution in [0.2, 0.25) is 0 Å². The summed E-state index contributed by atoms with van der Waals surface area (Å²) in [5.41, 5.74) is 0.0548. The van der Waals surface area contributed by atoms with Crippen LogP contribution in [0.25, 0.3) is 0 Å². The van der Waals surface area contributed by atoms with Crippen molar-refractivity contribution in [1.29, 1.82) is 0 Å². The zero-order chi connectivity index (χ0) is 34.9. The molecule has 2 unspecified atom stereocenters. The Bertz CT molecular complexity index is 1260. The molecule has 258 valence electrons. The van der Waals surface area contributed by atoms with Gasteiger partial charge >= 0.3 is 0 Å². The number of hydrogen-bond acceptors (Lipinski definition) is 8. The fraction of sp³-hybridized carbons (Fsp3) is 0.647. The van der Waals surface area contributed by atoms with Crippen LogP contribution in [0.15, 0.2) is 18.6 Å². The second-order valence-electron chi connectivity index (χ2n) is 12.6. The number of nitrogens with zero attached hydrogens (tertiary/aromatic N) is 2. The molecule has 1 fully saturated rings. The Labute approximate surface area is 278 Å². The van der Waals surface area contributed by atoms with E-state index in [2.05, 4.69) is 42.5 Å². The van der Waals surface area contributed by atoms with Crippen molar-refractivity contribution in [3.8, 4) is 12.3 Å². The van der Waals surface area contributed by atoms with E-state index in [9.17, 15) is 28.8 Å². The number of aromatic nitrogens is 2. The van der Waals surface area contributed by atoms with Crippen molar-refractivity contribution in [3.05, 3.63) is 24.3 Å². The molecule has 1 aliphatic carbocycles. The van der Waals surface area contributed by atoms with Crippen LogP contribution in [0.5, 0.6) is 0 Å². The Morgan fingerprint density at radius 1 is 0.851 bits per heavy atom. The number of Topliss-reactive ketones (excluding diaryl/α,β-unsaturated/α-hetero) is 1. The quantitative estimate of drug-likeness (QED) is 0.117. The van der Waals surface area contributed by atoms with E-state index in [4.69, 9.17) is 6.42 Å². The van der Waals surface area contributed by atoms with Crippen LogP contribution in [0.1, 0.15) is 103 Å². The predicted octanol–water partition coefficient (Wildman–Crippen LogP) is 1.82. The van der Waals surface area contributed by atoms with E-state index in [1.54, 1.807) is 6.92 Å². The van der Waals surface area contributed by atoms with Gasteiger partial charge < -0.3 is 26.6 Å². The number of rotatable bonds is 18. The van der Waals surface area contributed by atoms with Gasteiger partial charge in [0.15, 0.2) is 0 Å². The standard InChI is InChI=1S/C34H51N7O6/c1-7-15-37-34(47)29(42)24(9-3)38-30(43)26(19-23-13-11-10-12-14-23)40-33(46)28(22(6)8-2)41-31(44)25(18-21(4)5)39-32(45)27-20-35-16-17-36-27/h1,16-17,20-26,28H,8-15,18-19H2,2-6H3,(H,37,47)(H,38,43)(H,39,45)(H,40,46)(H,41,44)/t22?,24?,25-,26-,28-/m0/s1. The maximum absolute atomic E-state index is 13.9. The van der Waals surface area contributed by atoms with Gasteiger partial charge in [0.2, 0.25) is 23.5 Å². The SMILES string of the molecule is C#CCNC(=O)C(=O)C(CC)NC(=O)[C@H](CC1CCCCC1)NC(=O)[C@@H](NC(=O)[C@H](CC(C)C)NC(=O)c1cnccn1)C(C)CC. The molecule has 0 saturated heterocycles. The van der Waals surface area contributed by atoms with Crippen LogP contribution >= 0.6 is 0 Å². The third-order valence-electron chi connectivity index (χ3n) is 8.46. The summed E-state index contributed by atoms with van der Waals surface area (Å²) in [5.74, 6) is -1.86. The minimum absolute atomic E-state index is 0.0372. The molecule has 13 nitrogen and oxygen atoms in total. The number of amides is 5. The second kappa shape index (κ2) is 20.0. The first-order chi connectivity index (χ1) is 22.4. The predicted molar refractivity (Wildman–Crippen MR) is 176 cm³/mol. The van der Waals surface area contributed by atoms with Crippen molar-refractivity contribution in [2.45, 2.75) is 117 Å². The minimum Gasteiger partial charge on any atom is -0.344 e. The molecule has 1 aromatic heterocycles. The fourth-order valence-electron chi connectivity index (χ4n) is 5.56. The summed E-state index contributed by atoms with van der Waals surface area (Å²) in [6, 6.07) is -4.09. The summed E-state index contributed by atoms with van der Waals surface area (Å²) < 4.78 is 0. The van der Waals surface area contributed by atoms with E-state index in [0.717, 1.165) is 32.1 Å². The molecule has 47 heavy (non-hydrogen) atoms. The average molecular weight is 654 g/mol. The van der Waals surface area contributed by atoms with Gasteiger partial charge in [0.1, 0.15) is 23.8 Å². The lowest BCUT2D eigenvalue weighted by Gasteiger charge is -2.31. The summed E-state index contributed by atoms with van der Waals surface area (Å²) in [4.78, 5) is 86.9. The number of carbonyl (C=O) groups is 6. The molecule has 5 amide bonds. The van der Waals surface area contributed by atoms with Gasteiger partial charge in [-0.05, 0) is 37.0 Å². The number of terminal acetylenes is 1. The van der Waals surface area contributed by atoms with Crippen LogP contribution in [0.4, 0.5) is 0 Å². The Balaban J connectivity index is 2.27. The summed E-state index contributed by atoms with van der Waals surface area (Å²) in [6.07, 6.45) is 15.6. The van der Waals surface area contributed by atoms with E-state index in [0.29, 0.717) is 19.3 Å². The third-order valence-corrected chi connectivity index (χ3v) is 8.46. The average Bonchev–Trinajstić information content (AvgIpc) is 3.07. The molecule has 0 aliphatic heterocycles. The van der Waals surface area contributed by atoms with Gasteiger partial charge in [0.05, 0.1) is 18.8 Å². The lowest BCUT2D eigenvalue weighted by Crippen LogP contribution is -2.60. The molecule has 0 spiro atoms. The lowest BCUT2D eigenvalue weighted by molar-refractivity contribution is -0.140. The summed E-state index contributed by atoms with van der Waals surface area (Å²) in [6.45, 7) is 9.06. The van der Waals surface area contributed by atoms with E-state index >= 15 is 0 Å². The summed E-state index contributed by atoms with van der Waals surface area (Å²) >= 11 is 0. The molecular formula is C34H51N7O6. The zero-order valence-electron chi connectivity index (χ0n) is 28.3. The number of carbonyl (C=O) groups excluding carboxylic acids is 6. The zero-order valence-corrected chi connectivity index (χ0v) is 28.3. The van der Waals surface area contributed by atoms with Gasteiger partial charge in [0.25, 0.3) is 11.8 Å². The van der Waals surface area contributed by atoms with Crippen molar-refractivity contribution in [1.82, 2.24) is 36.6 Å². The lowest BCUT2D eigenvalue weighted by atomic mass is 9.84. The van der Waals surface area contributed by atoms with Crippen molar-refractivity contribution < 1.29 is 28.8 Å². The summed E-state index contributed by atoms with van der Waals surface area (Å²) in [7, 11) is 0. The Morgan fingerprint density at radius 3 is 2.09 bits per heavy atom. The molecule has 2 rings (SSSR count). The van der Waals surface area contributed by atoms with Gasteiger partial charge in [-0.2, -0.15) is 0 Å². The van der Waals surface area contributed by atoms with Gasteiger partial charge in [0, 0.05) is 12.4 Å². The molecular weight excluding hydrogens is 602 g/mol.